The summed E-state index contributed by atoms with van der Waals surface area (Å²) in [4.78, 5) is 17.5. The van der Waals surface area contributed by atoms with Crippen molar-refractivity contribution in [3.8, 4) is 22.6 Å². The highest BCUT2D eigenvalue weighted by Crippen LogP contribution is 2.39. The minimum Gasteiger partial charge on any atom is -0.489 e. The lowest BCUT2D eigenvalue weighted by atomic mass is 9.99. The summed E-state index contributed by atoms with van der Waals surface area (Å²) >= 11 is 6.31. The van der Waals surface area contributed by atoms with Gasteiger partial charge in [0, 0.05) is 29.6 Å². The molecule has 0 aliphatic carbocycles. The Bertz CT molecular complexity index is 1200. The quantitative estimate of drug-likeness (QED) is 0.432. The van der Waals surface area contributed by atoms with Crippen molar-refractivity contribution in [1.29, 1.82) is 0 Å². The molecule has 6 heteroatoms. The van der Waals surface area contributed by atoms with Crippen LogP contribution in [0, 0.1) is 5.92 Å². The Morgan fingerprint density at radius 1 is 1.06 bits per heavy atom. The van der Waals surface area contributed by atoms with Gasteiger partial charge in [0.2, 0.25) is 5.91 Å². The maximum absolute atomic E-state index is 13.2. The van der Waals surface area contributed by atoms with Crippen LogP contribution in [0.4, 0.5) is 0 Å². The first-order valence-corrected chi connectivity index (χ1v) is 13.1. The Morgan fingerprint density at radius 2 is 1.92 bits per heavy atom. The summed E-state index contributed by atoms with van der Waals surface area (Å²) in [5.74, 6) is 2.08. The lowest BCUT2D eigenvalue weighted by Crippen LogP contribution is -2.34. The number of amides is 1. The van der Waals surface area contributed by atoms with Crippen molar-refractivity contribution in [2.45, 2.75) is 25.8 Å². The van der Waals surface area contributed by atoms with Gasteiger partial charge in [0.1, 0.15) is 6.61 Å². The van der Waals surface area contributed by atoms with Crippen LogP contribution in [-0.4, -0.2) is 55.6 Å². The molecule has 0 spiro atoms. The molecule has 0 saturated carbocycles. The number of rotatable bonds is 6. The second-order valence-corrected chi connectivity index (χ2v) is 10.3. The Kier molecular flexibility index (Phi) is 7.78. The third-order valence-corrected chi connectivity index (χ3v) is 7.24. The van der Waals surface area contributed by atoms with Crippen LogP contribution in [0.1, 0.15) is 24.0 Å². The zero-order chi connectivity index (χ0) is 24.9. The van der Waals surface area contributed by atoms with Gasteiger partial charge in [-0.05, 0) is 67.4 Å². The summed E-state index contributed by atoms with van der Waals surface area (Å²) in [6, 6.07) is 21.9. The molecule has 2 aliphatic heterocycles. The largest absolute Gasteiger partial charge is 0.489 e. The van der Waals surface area contributed by atoms with Crippen molar-refractivity contribution in [3.05, 3.63) is 82.9 Å². The van der Waals surface area contributed by atoms with Gasteiger partial charge in [-0.2, -0.15) is 0 Å². The van der Waals surface area contributed by atoms with Crippen LogP contribution < -0.4 is 9.47 Å². The number of benzene rings is 3. The Hall–Kier alpha value is -3.02. The summed E-state index contributed by atoms with van der Waals surface area (Å²) in [5, 5.41) is 0.686. The van der Waals surface area contributed by atoms with E-state index in [0.717, 1.165) is 46.8 Å². The highest BCUT2D eigenvalue weighted by Gasteiger charge is 2.25. The van der Waals surface area contributed by atoms with E-state index in [1.807, 2.05) is 59.5 Å². The molecule has 1 fully saturated rings. The van der Waals surface area contributed by atoms with Crippen LogP contribution in [0.3, 0.4) is 0 Å². The van der Waals surface area contributed by atoms with E-state index in [1.165, 1.54) is 12.8 Å². The van der Waals surface area contributed by atoms with Crippen LogP contribution >= 0.6 is 11.6 Å². The molecular weight excluding hydrogens is 472 g/mol. The van der Waals surface area contributed by atoms with Gasteiger partial charge < -0.3 is 19.3 Å². The van der Waals surface area contributed by atoms with Gasteiger partial charge in [0.25, 0.3) is 0 Å². The Balaban J connectivity index is 1.43. The molecule has 2 heterocycles. The summed E-state index contributed by atoms with van der Waals surface area (Å²) in [5.41, 5.74) is 4.00. The molecule has 1 atom stereocenters. The second-order valence-electron chi connectivity index (χ2n) is 9.88. The summed E-state index contributed by atoms with van der Waals surface area (Å²) in [7, 11) is 2.17. The van der Waals surface area contributed by atoms with Crippen molar-refractivity contribution in [3.63, 3.8) is 0 Å². The van der Waals surface area contributed by atoms with E-state index in [9.17, 15) is 4.79 Å². The molecule has 188 valence electrons. The normalized spacial score (nSPS) is 18.2. The molecule has 0 radical (unpaired) electrons. The van der Waals surface area contributed by atoms with Crippen molar-refractivity contribution in [2.75, 3.05) is 39.9 Å². The fourth-order valence-corrected chi connectivity index (χ4v) is 5.33. The minimum atomic E-state index is 0.0959. The summed E-state index contributed by atoms with van der Waals surface area (Å²) in [6.45, 7) is 4.30. The van der Waals surface area contributed by atoms with Crippen LogP contribution in [-0.2, 0) is 17.8 Å². The van der Waals surface area contributed by atoms with Gasteiger partial charge in [-0.3, -0.25) is 4.79 Å². The first-order valence-electron chi connectivity index (χ1n) is 12.7. The lowest BCUT2D eigenvalue weighted by molar-refractivity contribution is -0.131. The fourth-order valence-electron chi connectivity index (χ4n) is 5.14. The van der Waals surface area contributed by atoms with Gasteiger partial charge in [0.05, 0.1) is 19.6 Å². The zero-order valence-corrected chi connectivity index (χ0v) is 21.5. The molecule has 0 bridgehead atoms. The first-order chi connectivity index (χ1) is 17.5. The molecule has 36 heavy (non-hydrogen) atoms. The van der Waals surface area contributed by atoms with E-state index in [0.29, 0.717) is 43.7 Å². The number of ether oxygens (including phenoxy) is 2. The lowest BCUT2D eigenvalue weighted by Gasteiger charge is -2.29. The molecule has 1 unspecified atom stereocenters. The topological polar surface area (TPSA) is 42.0 Å². The Morgan fingerprint density at radius 3 is 2.72 bits per heavy atom. The highest BCUT2D eigenvalue weighted by atomic mass is 35.5. The first kappa shape index (κ1) is 24.7. The number of piperidine rings is 1. The van der Waals surface area contributed by atoms with Crippen LogP contribution in [0.2, 0.25) is 5.02 Å². The van der Waals surface area contributed by atoms with Crippen molar-refractivity contribution in [1.82, 2.24) is 9.80 Å². The highest BCUT2D eigenvalue weighted by molar-refractivity contribution is 6.30. The van der Waals surface area contributed by atoms with Gasteiger partial charge >= 0.3 is 0 Å². The van der Waals surface area contributed by atoms with Crippen molar-refractivity contribution >= 4 is 17.5 Å². The third-order valence-electron chi connectivity index (χ3n) is 7.01. The molecule has 5 nitrogen and oxygen atoms in total. The molecule has 1 saturated heterocycles. The average molecular weight is 505 g/mol. The smallest absolute Gasteiger partial charge is 0.227 e. The number of halogens is 1. The number of hydrogen-bond acceptors (Lipinski definition) is 4. The Labute approximate surface area is 218 Å². The van der Waals surface area contributed by atoms with Crippen LogP contribution in [0.5, 0.6) is 11.5 Å². The van der Waals surface area contributed by atoms with E-state index >= 15 is 0 Å². The van der Waals surface area contributed by atoms with Crippen molar-refractivity contribution in [2.24, 2.45) is 5.92 Å². The molecule has 3 aromatic rings. The second kappa shape index (κ2) is 11.4. The van der Waals surface area contributed by atoms with Crippen LogP contribution in [0.25, 0.3) is 11.1 Å². The molecule has 3 aromatic carbocycles. The number of carbonyl (C=O) groups excluding carboxylic acids is 1. The number of fused-ring (bicyclic) bond motifs is 1. The predicted octanol–water partition coefficient (Wildman–Crippen LogP) is 5.69. The molecule has 1 amide bonds. The van der Waals surface area contributed by atoms with Gasteiger partial charge in [-0.25, -0.2) is 0 Å². The standard InChI is InChI=1S/C30H33ClN2O3/c1-32-12-6-9-23(19-32)21-36-28-18-25(24-10-5-11-27(31)17-24)16-26-20-33(13-14-35-30(26)28)29(34)15-22-7-3-2-4-8-22/h2-5,7-8,10-11,16-18,23H,6,9,12-15,19-21H2,1H3. The zero-order valence-electron chi connectivity index (χ0n) is 20.8. The van der Waals surface area contributed by atoms with E-state index < -0.39 is 0 Å². The average Bonchev–Trinajstić information content (AvgIpc) is 3.11. The third kappa shape index (κ3) is 6.03. The molecule has 2 aliphatic rings. The number of carbonyl (C=O) groups is 1. The van der Waals surface area contributed by atoms with Crippen molar-refractivity contribution < 1.29 is 14.3 Å². The molecule has 5 rings (SSSR count). The number of nitrogens with zero attached hydrogens (tertiary/aromatic N) is 2. The van der Waals surface area contributed by atoms with E-state index in [1.54, 1.807) is 0 Å². The van der Waals surface area contributed by atoms with Gasteiger partial charge in [-0.15, -0.1) is 0 Å². The van der Waals surface area contributed by atoms with Crippen LogP contribution in [0.15, 0.2) is 66.7 Å². The molecule has 0 aromatic heterocycles. The van der Waals surface area contributed by atoms with E-state index in [4.69, 9.17) is 21.1 Å². The SMILES string of the molecule is CN1CCCC(COc2cc(-c3cccc(Cl)c3)cc3c2OCCN(C(=O)Cc2ccccc2)C3)C1. The molecular formula is C30H33ClN2O3. The van der Waals surface area contributed by atoms with E-state index in [2.05, 4.69) is 24.1 Å². The number of hydrogen-bond donors (Lipinski definition) is 0. The fraction of sp³-hybridized carbons (Fsp3) is 0.367. The van der Waals surface area contributed by atoms with Gasteiger partial charge in [-0.1, -0.05) is 54.1 Å². The number of likely N-dealkylation sites (tertiary alicyclic amines) is 1. The van der Waals surface area contributed by atoms with E-state index in [-0.39, 0.29) is 5.91 Å². The molecule has 0 N–H and O–H groups in total. The summed E-state index contributed by atoms with van der Waals surface area (Å²) in [6.07, 6.45) is 2.74. The van der Waals surface area contributed by atoms with Gasteiger partial charge in [0.15, 0.2) is 11.5 Å². The minimum absolute atomic E-state index is 0.0959. The monoisotopic (exact) mass is 504 g/mol. The maximum Gasteiger partial charge on any atom is 0.227 e. The summed E-state index contributed by atoms with van der Waals surface area (Å²) < 4.78 is 12.7. The maximum atomic E-state index is 13.2. The predicted molar refractivity (Wildman–Crippen MR) is 144 cm³/mol.